The largest absolute Gasteiger partial charge is 0.390 e. The average molecular weight is 188 g/mol. The number of hydrogen-bond donors (Lipinski definition) is 1. The van der Waals surface area contributed by atoms with Crippen LogP contribution in [-0.2, 0) is 9.53 Å². The normalized spacial score (nSPS) is 14.2. The van der Waals surface area contributed by atoms with Crippen molar-refractivity contribution in [2.75, 3.05) is 6.61 Å². The second kappa shape index (κ2) is 5.35. The van der Waals surface area contributed by atoms with Crippen molar-refractivity contribution in [1.29, 1.82) is 0 Å². The fraction of sp³-hybridized carbons (Fsp3) is 0.900. The SMILES string of the molecule is CCC(=O)CC(O)COC(C)(C)C. The van der Waals surface area contributed by atoms with Crippen LogP contribution in [0.3, 0.4) is 0 Å². The second-order valence-electron chi connectivity index (χ2n) is 4.17. The maximum absolute atomic E-state index is 10.9. The number of ketones is 1. The third kappa shape index (κ3) is 7.94. The monoisotopic (exact) mass is 188 g/mol. The van der Waals surface area contributed by atoms with Gasteiger partial charge >= 0.3 is 0 Å². The number of hydrogen-bond acceptors (Lipinski definition) is 3. The molecule has 0 radical (unpaired) electrons. The highest BCUT2D eigenvalue weighted by Crippen LogP contribution is 2.08. The predicted molar refractivity (Wildman–Crippen MR) is 51.6 cm³/mol. The van der Waals surface area contributed by atoms with Gasteiger partial charge in [-0.25, -0.2) is 0 Å². The predicted octanol–water partition coefficient (Wildman–Crippen LogP) is 1.53. The van der Waals surface area contributed by atoms with Crippen molar-refractivity contribution in [1.82, 2.24) is 0 Å². The third-order valence-electron chi connectivity index (χ3n) is 1.57. The lowest BCUT2D eigenvalue weighted by molar-refractivity contribution is -0.122. The number of aliphatic hydroxyl groups excluding tert-OH is 1. The van der Waals surface area contributed by atoms with Gasteiger partial charge < -0.3 is 9.84 Å². The van der Waals surface area contributed by atoms with Gasteiger partial charge in [0.1, 0.15) is 5.78 Å². The molecule has 1 unspecified atom stereocenters. The molecular weight excluding hydrogens is 168 g/mol. The van der Waals surface area contributed by atoms with E-state index in [9.17, 15) is 9.90 Å². The highest BCUT2D eigenvalue weighted by atomic mass is 16.5. The van der Waals surface area contributed by atoms with Crippen LogP contribution in [0.5, 0.6) is 0 Å². The molecule has 0 amide bonds. The number of carbonyl (C=O) groups excluding carboxylic acids is 1. The van der Waals surface area contributed by atoms with Crippen molar-refractivity contribution in [3.63, 3.8) is 0 Å². The lowest BCUT2D eigenvalue weighted by Gasteiger charge is -2.21. The van der Waals surface area contributed by atoms with Gasteiger partial charge in [0.05, 0.1) is 18.3 Å². The van der Waals surface area contributed by atoms with Gasteiger partial charge in [0.15, 0.2) is 0 Å². The van der Waals surface area contributed by atoms with E-state index in [4.69, 9.17) is 4.74 Å². The van der Waals surface area contributed by atoms with Crippen molar-refractivity contribution >= 4 is 5.78 Å². The first-order valence-corrected chi connectivity index (χ1v) is 4.69. The molecule has 3 heteroatoms. The van der Waals surface area contributed by atoms with E-state index in [1.54, 1.807) is 6.92 Å². The standard InChI is InChI=1S/C10H20O3/c1-5-8(11)6-9(12)7-13-10(2,3)4/h9,12H,5-7H2,1-4H3. The topological polar surface area (TPSA) is 46.5 Å². The van der Waals surface area contributed by atoms with Gasteiger partial charge in [0.2, 0.25) is 0 Å². The molecule has 0 aliphatic heterocycles. The Kier molecular flexibility index (Phi) is 5.18. The Morgan fingerprint density at radius 2 is 2.00 bits per heavy atom. The van der Waals surface area contributed by atoms with Crippen LogP contribution in [0.2, 0.25) is 0 Å². The lowest BCUT2D eigenvalue weighted by Crippen LogP contribution is -2.27. The first-order valence-electron chi connectivity index (χ1n) is 4.69. The Morgan fingerprint density at radius 1 is 1.46 bits per heavy atom. The van der Waals surface area contributed by atoms with Crippen LogP contribution in [0.15, 0.2) is 0 Å². The smallest absolute Gasteiger partial charge is 0.135 e. The lowest BCUT2D eigenvalue weighted by atomic mass is 10.1. The van der Waals surface area contributed by atoms with E-state index in [0.29, 0.717) is 6.42 Å². The van der Waals surface area contributed by atoms with Crippen LogP contribution in [0.25, 0.3) is 0 Å². The molecule has 0 rings (SSSR count). The van der Waals surface area contributed by atoms with Crippen molar-refractivity contribution in [3.8, 4) is 0 Å². The summed E-state index contributed by atoms with van der Waals surface area (Å²) in [6, 6.07) is 0. The van der Waals surface area contributed by atoms with E-state index in [0.717, 1.165) is 0 Å². The Morgan fingerprint density at radius 3 is 2.38 bits per heavy atom. The maximum Gasteiger partial charge on any atom is 0.135 e. The zero-order valence-electron chi connectivity index (χ0n) is 8.96. The maximum atomic E-state index is 10.9. The molecule has 0 saturated heterocycles. The summed E-state index contributed by atoms with van der Waals surface area (Å²) in [7, 11) is 0. The summed E-state index contributed by atoms with van der Waals surface area (Å²) in [5.74, 6) is 0.0741. The van der Waals surface area contributed by atoms with Crippen LogP contribution in [-0.4, -0.2) is 29.2 Å². The van der Waals surface area contributed by atoms with Crippen LogP contribution < -0.4 is 0 Å². The Labute approximate surface area is 80.1 Å². The highest BCUT2D eigenvalue weighted by molar-refractivity contribution is 5.78. The fourth-order valence-electron chi connectivity index (χ4n) is 0.812. The number of carbonyl (C=O) groups is 1. The quantitative estimate of drug-likeness (QED) is 0.711. The molecule has 0 aromatic carbocycles. The minimum absolute atomic E-state index is 0.0741. The highest BCUT2D eigenvalue weighted by Gasteiger charge is 2.15. The number of ether oxygens (including phenoxy) is 1. The van der Waals surface area contributed by atoms with Crippen LogP contribution in [0, 0.1) is 0 Å². The van der Waals surface area contributed by atoms with Gasteiger partial charge in [-0.2, -0.15) is 0 Å². The summed E-state index contributed by atoms with van der Waals surface area (Å²) in [6.45, 7) is 7.78. The molecule has 78 valence electrons. The van der Waals surface area contributed by atoms with Crippen molar-refractivity contribution in [3.05, 3.63) is 0 Å². The third-order valence-corrected chi connectivity index (χ3v) is 1.57. The van der Waals surface area contributed by atoms with Gasteiger partial charge in [0.25, 0.3) is 0 Å². The summed E-state index contributed by atoms with van der Waals surface area (Å²) < 4.78 is 5.33. The summed E-state index contributed by atoms with van der Waals surface area (Å²) in [5.41, 5.74) is -0.254. The molecule has 0 aliphatic carbocycles. The zero-order chi connectivity index (χ0) is 10.5. The Balaban J connectivity index is 3.63. The molecule has 3 nitrogen and oxygen atoms in total. The molecule has 0 bridgehead atoms. The first kappa shape index (κ1) is 12.6. The van der Waals surface area contributed by atoms with E-state index < -0.39 is 6.10 Å². The fourth-order valence-corrected chi connectivity index (χ4v) is 0.812. The zero-order valence-corrected chi connectivity index (χ0v) is 8.96. The number of rotatable bonds is 5. The van der Waals surface area contributed by atoms with Gasteiger partial charge in [-0.1, -0.05) is 6.92 Å². The van der Waals surface area contributed by atoms with Crippen LogP contribution in [0.1, 0.15) is 40.5 Å². The van der Waals surface area contributed by atoms with Crippen LogP contribution in [0.4, 0.5) is 0 Å². The van der Waals surface area contributed by atoms with E-state index in [1.807, 2.05) is 20.8 Å². The van der Waals surface area contributed by atoms with Crippen molar-refractivity contribution in [2.24, 2.45) is 0 Å². The molecule has 1 atom stereocenters. The first-order chi connectivity index (χ1) is 5.85. The van der Waals surface area contributed by atoms with E-state index >= 15 is 0 Å². The molecule has 13 heavy (non-hydrogen) atoms. The number of aliphatic hydroxyl groups is 1. The minimum atomic E-state index is -0.660. The van der Waals surface area contributed by atoms with Gasteiger partial charge in [-0.15, -0.1) is 0 Å². The molecule has 0 spiro atoms. The van der Waals surface area contributed by atoms with E-state index in [2.05, 4.69) is 0 Å². The Hall–Kier alpha value is -0.410. The molecule has 1 N–H and O–H groups in total. The van der Waals surface area contributed by atoms with Gasteiger partial charge in [0, 0.05) is 12.8 Å². The summed E-state index contributed by atoms with van der Waals surface area (Å²) in [6.07, 6.45) is 0.0192. The van der Waals surface area contributed by atoms with E-state index in [1.165, 1.54) is 0 Å². The Bertz CT molecular complexity index is 158. The van der Waals surface area contributed by atoms with Gasteiger partial charge in [-0.3, -0.25) is 4.79 Å². The molecule has 0 aromatic heterocycles. The molecule has 0 fully saturated rings. The van der Waals surface area contributed by atoms with E-state index in [-0.39, 0.29) is 24.4 Å². The molecule has 0 heterocycles. The van der Waals surface area contributed by atoms with Crippen molar-refractivity contribution in [2.45, 2.75) is 52.2 Å². The average Bonchev–Trinajstić information content (AvgIpc) is 1.99. The number of Topliss-reactive ketones (excluding diaryl/α,β-unsaturated/α-hetero) is 1. The summed E-state index contributed by atoms with van der Waals surface area (Å²) in [4.78, 5) is 10.9. The van der Waals surface area contributed by atoms with Crippen molar-refractivity contribution < 1.29 is 14.6 Å². The molecule has 0 saturated carbocycles. The summed E-state index contributed by atoms with van der Waals surface area (Å²) in [5, 5.41) is 9.37. The summed E-state index contributed by atoms with van der Waals surface area (Å²) >= 11 is 0. The van der Waals surface area contributed by atoms with Gasteiger partial charge in [-0.05, 0) is 20.8 Å². The molecule has 0 aliphatic rings. The second-order valence-corrected chi connectivity index (χ2v) is 4.17. The molecular formula is C10H20O3. The van der Waals surface area contributed by atoms with Crippen LogP contribution >= 0.6 is 0 Å². The minimum Gasteiger partial charge on any atom is -0.390 e. The molecule has 0 aromatic rings.